The maximum absolute atomic E-state index is 14.5. The van der Waals surface area contributed by atoms with Crippen molar-refractivity contribution in [3.8, 4) is 34.5 Å². The summed E-state index contributed by atoms with van der Waals surface area (Å²) in [5.74, 6) is 3.56. The average Bonchev–Trinajstić information content (AvgIpc) is 3.54. The number of rotatable bonds is 2. The van der Waals surface area contributed by atoms with Gasteiger partial charge in [0.25, 0.3) is 0 Å². The van der Waals surface area contributed by atoms with Crippen molar-refractivity contribution in [2.24, 2.45) is 0 Å². The van der Waals surface area contributed by atoms with Crippen molar-refractivity contribution in [3.63, 3.8) is 0 Å². The number of hydrogen-bond acceptors (Lipinski definition) is 9. The monoisotopic (exact) mass is 616 g/mol. The van der Waals surface area contributed by atoms with Crippen LogP contribution < -0.4 is 23.7 Å². The first-order chi connectivity index (χ1) is 22.4. The molecule has 8 bridgehead atoms. The highest BCUT2D eigenvalue weighted by atomic mass is 16.7. The molecule has 0 radical (unpaired) electrons. The first-order valence-electron chi connectivity index (χ1n) is 15.1. The summed E-state index contributed by atoms with van der Waals surface area (Å²) in [6.45, 7) is 0.861. The van der Waals surface area contributed by atoms with Crippen molar-refractivity contribution in [1.29, 1.82) is 0 Å². The molecule has 232 valence electrons. The van der Waals surface area contributed by atoms with Crippen molar-refractivity contribution in [3.05, 3.63) is 111 Å². The lowest BCUT2D eigenvalue weighted by Crippen LogP contribution is -2.33. The van der Waals surface area contributed by atoms with Crippen molar-refractivity contribution in [2.45, 2.75) is 12.8 Å². The highest BCUT2D eigenvalue weighted by molar-refractivity contribution is 6.13. The molecule has 0 N–H and O–H groups in total. The van der Waals surface area contributed by atoms with Crippen LogP contribution in [0.5, 0.6) is 34.5 Å². The molecular weight excluding hydrogens is 584 g/mol. The number of hydrogen-bond donors (Lipinski definition) is 0. The van der Waals surface area contributed by atoms with Gasteiger partial charge in [0.05, 0.1) is 14.2 Å². The third-order valence-corrected chi connectivity index (χ3v) is 8.93. The van der Waals surface area contributed by atoms with Crippen LogP contribution in [0.25, 0.3) is 17.8 Å². The quantitative estimate of drug-likeness (QED) is 0.320. The summed E-state index contributed by atoms with van der Waals surface area (Å²) in [5, 5.41) is 0. The summed E-state index contributed by atoms with van der Waals surface area (Å²) in [6.07, 6.45) is 9.21. The first kappa shape index (κ1) is 27.9. The zero-order valence-corrected chi connectivity index (χ0v) is 26.0. The van der Waals surface area contributed by atoms with Crippen LogP contribution in [0.4, 0.5) is 0 Å². The molecule has 0 fully saturated rings. The zero-order valence-electron chi connectivity index (χ0n) is 26.0. The summed E-state index contributed by atoms with van der Waals surface area (Å²) in [7, 11) is 7.15. The van der Waals surface area contributed by atoms with E-state index in [1.807, 2.05) is 85.9 Å². The molecule has 5 heterocycles. The lowest BCUT2D eigenvalue weighted by atomic mass is 9.86. The van der Waals surface area contributed by atoms with Crippen LogP contribution in [0.15, 0.2) is 89.2 Å². The summed E-state index contributed by atoms with van der Waals surface area (Å²) in [6, 6.07) is 15.7. The number of fused-ring (bicyclic) bond motifs is 3. The van der Waals surface area contributed by atoms with Crippen LogP contribution in [-0.4, -0.2) is 57.2 Å². The van der Waals surface area contributed by atoms with E-state index in [-0.39, 0.29) is 18.3 Å². The van der Waals surface area contributed by atoms with Crippen LogP contribution in [0.3, 0.4) is 0 Å². The minimum atomic E-state index is -0.240. The molecule has 6 aliphatic rings. The van der Waals surface area contributed by atoms with Gasteiger partial charge in [0.2, 0.25) is 24.1 Å². The molecule has 0 saturated carbocycles. The normalized spacial score (nSPS) is 17.9. The van der Waals surface area contributed by atoms with Crippen LogP contribution in [0.1, 0.15) is 28.7 Å². The van der Waals surface area contributed by atoms with Gasteiger partial charge in [-0.05, 0) is 83.3 Å². The second-order valence-corrected chi connectivity index (χ2v) is 11.7. The molecule has 0 saturated heterocycles. The molecule has 0 atom stereocenters. The molecule has 0 spiro atoms. The molecule has 9 nitrogen and oxygen atoms in total. The number of carbonyl (C=O) groups excluding carboxylic acids is 1. The molecule has 9 heteroatoms. The Morgan fingerprint density at radius 1 is 0.870 bits per heavy atom. The van der Waals surface area contributed by atoms with Crippen LogP contribution >= 0.6 is 0 Å². The molecular formula is C37H32N2O7. The predicted octanol–water partition coefficient (Wildman–Crippen LogP) is 6.52. The fraction of sp³-hybridized carbons (Fsp3) is 0.216. The second kappa shape index (κ2) is 10.8. The maximum Gasteiger partial charge on any atom is 0.234 e. The Hall–Kier alpha value is -5.57. The summed E-state index contributed by atoms with van der Waals surface area (Å²) < 4.78 is 36.1. The number of ketones is 1. The molecule has 0 unspecified atom stereocenters. The third kappa shape index (κ3) is 4.58. The minimum absolute atomic E-state index is 0.111. The Morgan fingerprint density at radius 3 is 2.50 bits per heavy atom. The van der Waals surface area contributed by atoms with Crippen molar-refractivity contribution in [1.82, 2.24) is 9.80 Å². The number of Topliss-reactive ketones (excluding diaryl/α,β-unsaturated/α-hetero) is 1. The number of methoxy groups -OCH3 is 2. The SMILES string of the molecule is COC1=C2Oc3cc4c(cc3OC)C=CN(C)C4=Cc3ccc(cc3)Oc3cc(cc4c3OCO4)CC3=C(C2=O)C(=C1)CCN3C. The number of carbonyl (C=O) groups is 1. The van der Waals surface area contributed by atoms with E-state index >= 15 is 0 Å². The van der Waals surface area contributed by atoms with Crippen molar-refractivity contribution >= 4 is 23.6 Å². The van der Waals surface area contributed by atoms with Crippen LogP contribution in [0.2, 0.25) is 0 Å². The molecule has 0 amide bonds. The predicted molar refractivity (Wildman–Crippen MR) is 172 cm³/mol. The van der Waals surface area contributed by atoms with Gasteiger partial charge in [0, 0.05) is 55.8 Å². The zero-order chi connectivity index (χ0) is 31.5. The van der Waals surface area contributed by atoms with Gasteiger partial charge < -0.3 is 38.2 Å². The fourth-order valence-electron chi connectivity index (χ4n) is 6.51. The topological polar surface area (TPSA) is 78.9 Å². The van der Waals surface area contributed by atoms with Gasteiger partial charge in [0.15, 0.2) is 28.8 Å². The molecule has 3 aromatic carbocycles. The largest absolute Gasteiger partial charge is 0.493 e. The molecule has 5 aliphatic heterocycles. The molecule has 1 aliphatic carbocycles. The number of benzene rings is 3. The van der Waals surface area contributed by atoms with E-state index in [2.05, 4.69) is 11.0 Å². The van der Waals surface area contributed by atoms with E-state index < -0.39 is 0 Å². The molecule has 3 aromatic rings. The van der Waals surface area contributed by atoms with Gasteiger partial charge >= 0.3 is 0 Å². The first-order valence-corrected chi connectivity index (χ1v) is 15.1. The van der Waals surface area contributed by atoms with E-state index in [9.17, 15) is 4.79 Å². The Bertz CT molecular complexity index is 1970. The van der Waals surface area contributed by atoms with E-state index in [4.69, 9.17) is 28.4 Å². The average molecular weight is 617 g/mol. The van der Waals surface area contributed by atoms with Crippen molar-refractivity contribution in [2.75, 3.05) is 41.7 Å². The number of likely N-dealkylation sites (N-methyl/N-ethyl adjacent to an activating group) is 1. The highest BCUT2D eigenvalue weighted by Gasteiger charge is 2.36. The highest BCUT2D eigenvalue weighted by Crippen LogP contribution is 2.46. The van der Waals surface area contributed by atoms with Gasteiger partial charge in [-0.1, -0.05) is 12.1 Å². The summed E-state index contributed by atoms with van der Waals surface area (Å²) in [4.78, 5) is 18.7. The Labute approximate surface area is 266 Å². The lowest BCUT2D eigenvalue weighted by Gasteiger charge is -2.34. The van der Waals surface area contributed by atoms with E-state index in [0.29, 0.717) is 58.7 Å². The second-order valence-electron chi connectivity index (χ2n) is 11.7. The number of ether oxygens (including phenoxy) is 6. The summed E-state index contributed by atoms with van der Waals surface area (Å²) in [5.41, 5.74) is 7.15. The Balaban J connectivity index is 1.36. The molecule has 9 rings (SSSR count). The fourth-order valence-corrected chi connectivity index (χ4v) is 6.51. The lowest BCUT2D eigenvalue weighted by molar-refractivity contribution is -0.114. The van der Waals surface area contributed by atoms with Crippen molar-refractivity contribution < 1.29 is 33.2 Å². The van der Waals surface area contributed by atoms with Crippen LogP contribution in [-0.2, 0) is 16.0 Å². The van der Waals surface area contributed by atoms with Gasteiger partial charge in [-0.25, -0.2) is 0 Å². The molecule has 0 aromatic heterocycles. The van der Waals surface area contributed by atoms with Gasteiger partial charge in [-0.3, -0.25) is 4.79 Å². The smallest absolute Gasteiger partial charge is 0.234 e. The Kier molecular flexibility index (Phi) is 6.56. The number of allylic oxidation sites excluding steroid dienone is 3. The minimum Gasteiger partial charge on any atom is -0.493 e. The molecule has 46 heavy (non-hydrogen) atoms. The summed E-state index contributed by atoms with van der Waals surface area (Å²) >= 11 is 0. The maximum atomic E-state index is 14.5. The Morgan fingerprint density at radius 2 is 1.70 bits per heavy atom. The van der Waals surface area contributed by atoms with E-state index in [1.54, 1.807) is 14.2 Å². The third-order valence-electron chi connectivity index (χ3n) is 8.93. The van der Waals surface area contributed by atoms with Gasteiger partial charge in [0.1, 0.15) is 5.75 Å². The standard InChI is InChI=1S/C37H32N2O7/c1-38-11-9-23-17-29(41-3)30-19-26(23)27(38)13-21-5-7-25(8-6-21)45-33-16-22(15-32-36(33)44-20-43-32)14-28-34-24(10-12-39(28)2)18-31(42-4)37(46-30)35(34)40/h5-9,11,13,15-19H,10,12,14,20H2,1-4H3. The van der Waals surface area contributed by atoms with Gasteiger partial charge in [-0.15, -0.1) is 0 Å². The van der Waals surface area contributed by atoms with Gasteiger partial charge in [-0.2, -0.15) is 0 Å². The number of nitrogens with zero attached hydrogens (tertiary/aromatic N) is 2. The van der Waals surface area contributed by atoms with E-state index in [0.717, 1.165) is 45.8 Å². The van der Waals surface area contributed by atoms with Crippen LogP contribution in [0, 0.1) is 0 Å². The van der Waals surface area contributed by atoms with E-state index in [1.165, 1.54) is 0 Å².